The van der Waals surface area contributed by atoms with Gasteiger partial charge in [0.15, 0.2) is 0 Å². The topological polar surface area (TPSA) is 113 Å². The molecule has 0 aliphatic heterocycles. The molecule has 0 saturated carbocycles. The van der Waals surface area contributed by atoms with Crippen molar-refractivity contribution in [3.63, 3.8) is 0 Å². The Morgan fingerprint density at radius 3 is 1.47 bits per heavy atom. The molecule has 0 aromatic rings. The SMILES string of the molecule is CCCCC/C=C\C/C=C\C/C=C\CC(O)C(O)CCCC(=O)OC[C@@H](O)COC(=O)CCCCCCCCCCCCCCCC. The summed E-state index contributed by atoms with van der Waals surface area (Å²) >= 11 is 0. The molecule has 0 bridgehead atoms. The van der Waals surface area contributed by atoms with Gasteiger partial charge in [0.1, 0.15) is 19.3 Å². The van der Waals surface area contributed by atoms with Gasteiger partial charge in [-0.25, -0.2) is 0 Å². The summed E-state index contributed by atoms with van der Waals surface area (Å²) < 4.78 is 10.2. The number of hydrogen-bond donors (Lipinski definition) is 3. The summed E-state index contributed by atoms with van der Waals surface area (Å²) in [5.74, 6) is -0.837. The Labute approximate surface area is 288 Å². The largest absolute Gasteiger partial charge is 0.463 e. The second kappa shape index (κ2) is 35.3. The lowest BCUT2D eigenvalue weighted by molar-refractivity contribution is -0.152. The van der Waals surface area contributed by atoms with E-state index in [0.717, 1.165) is 38.5 Å². The van der Waals surface area contributed by atoms with E-state index in [0.29, 0.717) is 19.3 Å². The maximum atomic E-state index is 12.0. The van der Waals surface area contributed by atoms with Crippen LogP contribution in [0.15, 0.2) is 36.5 Å². The summed E-state index contributed by atoms with van der Waals surface area (Å²) in [4.78, 5) is 23.9. The van der Waals surface area contributed by atoms with Crippen LogP contribution in [0.1, 0.15) is 174 Å². The summed E-state index contributed by atoms with van der Waals surface area (Å²) in [6.45, 7) is 4.02. The number of aliphatic hydroxyl groups excluding tert-OH is 3. The molecule has 2 unspecified atom stereocenters. The van der Waals surface area contributed by atoms with Crippen molar-refractivity contribution < 1.29 is 34.4 Å². The van der Waals surface area contributed by atoms with Crippen molar-refractivity contribution in [2.75, 3.05) is 13.2 Å². The van der Waals surface area contributed by atoms with Crippen molar-refractivity contribution >= 4 is 11.9 Å². The number of hydrogen-bond acceptors (Lipinski definition) is 7. The van der Waals surface area contributed by atoms with Crippen LogP contribution in [0.5, 0.6) is 0 Å². The van der Waals surface area contributed by atoms with Gasteiger partial charge in [-0.3, -0.25) is 9.59 Å². The molecular weight excluding hydrogens is 592 g/mol. The molecule has 0 spiro atoms. The number of carbonyl (C=O) groups excluding carboxylic acids is 2. The van der Waals surface area contributed by atoms with E-state index in [1.54, 1.807) is 0 Å². The zero-order valence-corrected chi connectivity index (χ0v) is 30.3. The van der Waals surface area contributed by atoms with Crippen LogP contribution in [0, 0.1) is 0 Å². The molecule has 7 nitrogen and oxygen atoms in total. The molecule has 0 rings (SSSR count). The normalized spacial score (nSPS) is 13.9. The molecule has 47 heavy (non-hydrogen) atoms. The molecule has 7 heteroatoms. The van der Waals surface area contributed by atoms with Crippen molar-refractivity contribution in [3.05, 3.63) is 36.5 Å². The van der Waals surface area contributed by atoms with E-state index < -0.39 is 24.3 Å². The quantitative estimate of drug-likeness (QED) is 0.0357. The predicted molar refractivity (Wildman–Crippen MR) is 194 cm³/mol. The molecule has 0 amide bonds. The number of esters is 2. The highest BCUT2D eigenvalue weighted by atomic mass is 16.6. The van der Waals surface area contributed by atoms with Crippen molar-refractivity contribution in [3.8, 4) is 0 Å². The Morgan fingerprint density at radius 2 is 0.936 bits per heavy atom. The standard InChI is InChI=1S/C40H72O7/c1-3-5-7-9-11-13-15-17-18-20-22-24-26-28-32-39(44)46-34-36(41)35-47-40(45)33-29-31-38(43)37(42)30-27-25-23-21-19-16-14-12-10-8-6-4-2/h12,14,19,21,25,27,36-38,41-43H,3-11,13,15-18,20,22-24,26,28-35H2,1-2H3/b14-12-,21-19-,27-25-/t36-,37?,38?/m0/s1. The second-order valence-corrected chi connectivity index (χ2v) is 13.0. The van der Waals surface area contributed by atoms with Crippen LogP contribution in [0.2, 0.25) is 0 Å². The molecule has 0 aromatic carbocycles. The number of allylic oxidation sites excluding steroid dienone is 5. The summed E-state index contributed by atoms with van der Waals surface area (Å²) in [5, 5.41) is 30.3. The van der Waals surface area contributed by atoms with Crippen molar-refractivity contribution in [2.24, 2.45) is 0 Å². The molecule has 3 atom stereocenters. The number of aliphatic hydroxyl groups is 3. The van der Waals surface area contributed by atoms with E-state index in [-0.39, 0.29) is 32.0 Å². The lowest BCUT2D eigenvalue weighted by atomic mass is 10.0. The van der Waals surface area contributed by atoms with Gasteiger partial charge in [-0.2, -0.15) is 0 Å². The highest BCUT2D eigenvalue weighted by Gasteiger charge is 2.16. The minimum Gasteiger partial charge on any atom is -0.463 e. The first-order valence-electron chi connectivity index (χ1n) is 19.2. The van der Waals surface area contributed by atoms with Gasteiger partial charge in [0.2, 0.25) is 0 Å². The zero-order valence-electron chi connectivity index (χ0n) is 30.3. The number of unbranched alkanes of at least 4 members (excludes halogenated alkanes) is 16. The maximum absolute atomic E-state index is 12.0. The van der Waals surface area contributed by atoms with Crippen LogP contribution in [0.4, 0.5) is 0 Å². The van der Waals surface area contributed by atoms with Gasteiger partial charge in [0, 0.05) is 12.8 Å². The maximum Gasteiger partial charge on any atom is 0.305 e. The van der Waals surface area contributed by atoms with Gasteiger partial charge in [-0.15, -0.1) is 0 Å². The lowest BCUT2D eigenvalue weighted by Crippen LogP contribution is -2.26. The highest BCUT2D eigenvalue weighted by molar-refractivity contribution is 5.69. The molecule has 0 saturated heterocycles. The smallest absolute Gasteiger partial charge is 0.305 e. The first-order valence-corrected chi connectivity index (χ1v) is 19.2. The predicted octanol–water partition coefficient (Wildman–Crippen LogP) is 9.62. The van der Waals surface area contributed by atoms with Gasteiger partial charge in [0.25, 0.3) is 0 Å². The van der Waals surface area contributed by atoms with Gasteiger partial charge in [-0.1, -0.05) is 147 Å². The van der Waals surface area contributed by atoms with E-state index in [2.05, 4.69) is 38.2 Å². The van der Waals surface area contributed by atoms with E-state index in [1.165, 1.54) is 89.9 Å². The monoisotopic (exact) mass is 665 g/mol. The fourth-order valence-corrected chi connectivity index (χ4v) is 5.25. The van der Waals surface area contributed by atoms with Crippen LogP contribution in [-0.4, -0.2) is 58.8 Å². The minimum atomic E-state index is -1.07. The number of ether oxygens (including phenoxy) is 2. The number of rotatable bonds is 34. The van der Waals surface area contributed by atoms with Crippen LogP contribution in [0.3, 0.4) is 0 Å². The first kappa shape index (κ1) is 45.0. The van der Waals surface area contributed by atoms with Crippen molar-refractivity contribution in [1.82, 2.24) is 0 Å². The summed E-state index contributed by atoms with van der Waals surface area (Å²) in [7, 11) is 0. The Balaban J connectivity index is 3.69. The first-order chi connectivity index (χ1) is 22.9. The second-order valence-electron chi connectivity index (χ2n) is 13.0. The highest BCUT2D eigenvalue weighted by Crippen LogP contribution is 2.14. The van der Waals surface area contributed by atoms with Crippen molar-refractivity contribution in [2.45, 2.75) is 193 Å². The zero-order chi connectivity index (χ0) is 34.6. The molecule has 0 radical (unpaired) electrons. The molecule has 0 aliphatic carbocycles. The van der Waals surface area contributed by atoms with E-state index in [4.69, 9.17) is 9.47 Å². The Hall–Kier alpha value is -1.96. The molecule has 0 heterocycles. The van der Waals surface area contributed by atoms with Gasteiger partial charge in [-0.05, 0) is 51.4 Å². The third-order valence-electron chi connectivity index (χ3n) is 8.33. The van der Waals surface area contributed by atoms with Gasteiger partial charge in [0.05, 0.1) is 12.2 Å². The molecule has 0 fully saturated rings. The summed E-state index contributed by atoms with van der Waals surface area (Å²) in [6, 6.07) is 0. The average molecular weight is 665 g/mol. The molecule has 0 aromatic heterocycles. The average Bonchev–Trinajstić information content (AvgIpc) is 3.06. The summed E-state index contributed by atoms with van der Waals surface area (Å²) in [6.07, 6.45) is 35.2. The Kier molecular flexibility index (Phi) is 33.9. The van der Waals surface area contributed by atoms with Crippen molar-refractivity contribution in [1.29, 1.82) is 0 Å². The third-order valence-corrected chi connectivity index (χ3v) is 8.33. The Morgan fingerprint density at radius 1 is 0.511 bits per heavy atom. The van der Waals surface area contributed by atoms with E-state index in [9.17, 15) is 24.9 Å². The van der Waals surface area contributed by atoms with Gasteiger partial charge < -0.3 is 24.8 Å². The third kappa shape index (κ3) is 33.7. The van der Waals surface area contributed by atoms with Crippen LogP contribution in [-0.2, 0) is 19.1 Å². The Bertz CT molecular complexity index is 791. The minimum absolute atomic E-state index is 0.0725. The van der Waals surface area contributed by atoms with Gasteiger partial charge >= 0.3 is 11.9 Å². The molecule has 0 aliphatic rings. The van der Waals surface area contributed by atoms with Crippen LogP contribution >= 0.6 is 0 Å². The molecular formula is C40H72O7. The summed E-state index contributed by atoms with van der Waals surface area (Å²) in [5.41, 5.74) is 0. The van der Waals surface area contributed by atoms with E-state index >= 15 is 0 Å². The van der Waals surface area contributed by atoms with Crippen LogP contribution in [0.25, 0.3) is 0 Å². The van der Waals surface area contributed by atoms with Crippen LogP contribution < -0.4 is 0 Å². The molecule has 274 valence electrons. The lowest BCUT2D eigenvalue weighted by Gasteiger charge is -2.16. The fourth-order valence-electron chi connectivity index (χ4n) is 5.25. The number of carbonyl (C=O) groups is 2. The fraction of sp³-hybridized carbons (Fsp3) is 0.800. The van der Waals surface area contributed by atoms with E-state index in [1.807, 2.05) is 12.2 Å². The molecule has 3 N–H and O–H groups in total.